The van der Waals surface area contributed by atoms with Crippen LogP contribution in [0.2, 0.25) is 0 Å². The van der Waals surface area contributed by atoms with Crippen molar-refractivity contribution in [3.05, 3.63) is 64.6 Å². The summed E-state index contributed by atoms with van der Waals surface area (Å²) in [6.45, 7) is 7.18. The zero-order valence-electron chi connectivity index (χ0n) is 22.8. The number of aromatic nitrogens is 3. The summed E-state index contributed by atoms with van der Waals surface area (Å²) < 4.78 is 99.1. The predicted octanol–water partition coefficient (Wildman–Crippen LogP) is 5.35. The number of carbonyl (C=O) groups excluding carboxylic acids is 1. The summed E-state index contributed by atoms with van der Waals surface area (Å²) in [6.07, 6.45) is -7.63. The molecular formula is C26H29F5N4O5S. The molecule has 2 N–H and O–H groups in total. The zero-order chi connectivity index (χ0) is 30.9. The molecule has 0 aliphatic rings. The Bertz CT molecular complexity index is 1510. The van der Waals surface area contributed by atoms with E-state index in [1.165, 1.54) is 38.1 Å². The van der Waals surface area contributed by atoms with E-state index in [4.69, 9.17) is 4.74 Å². The molecule has 15 heteroatoms. The molecule has 0 saturated heterocycles. The van der Waals surface area contributed by atoms with Gasteiger partial charge in [-0.1, -0.05) is 19.1 Å². The Labute approximate surface area is 233 Å². The van der Waals surface area contributed by atoms with Crippen LogP contribution in [0.4, 0.5) is 22.0 Å². The first-order chi connectivity index (χ1) is 18.9. The maximum atomic E-state index is 13.8. The zero-order valence-corrected chi connectivity index (χ0v) is 23.6. The number of amides is 1. The number of aliphatic hydroxyl groups excluding tert-OH is 1. The number of hydrogen-bond donors (Lipinski definition) is 2. The molecule has 1 aromatic carbocycles. The first kappa shape index (κ1) is 31.9. The minimum Gasteiger partial charge on any atom is -0.437 e. The minimum atomic E-state index is -5.20. The molecule has 0 saturated carbocycles. The van der Waals surface area contributed by atoms with Gasteiger partial charge in [-0.25, -0.2) is 21.9 Å². The van der Waals surface area contributed by atoms with Gasteiger partial charge in [0.15, 0.2) is 21.3 Å². The van der Waals surface area contributed by atoms with Crippen molar-refractivity contribution in [2.75, 3.05) is 12.4 Å². The van der Waals surface area contributed by atoms with Crippen LogP contribution in [0.25, 0.3) is 0 Å². The van der Waals surface area contributed by atoms with Gasteiger partial charge in [0, 0.05) is 11.8 Å². The number of aliphatic hydroxyl groups is 1. The normalized spacial score (nSPS) is 13.4. The van der Waals surface area contributed by atoms with E-state index in [2.05, 4.69) is 15.4 Å². The van der Waals surface area contributed by atoms with Gasteiger partial charge in [-0.15, -0.1) is 0 Å². The lowest BCUT2D eigenvalue weighted by atomic mass is 10.1. The van der Waals surface area contributed by atoms with Gasteiger partial charge in [-0.2, -0.15) is 18.3 Å². The van der Waals surface area contributed by atoms with E-state index in [1.54, 1.807) is 20.8 Å². The molecule has 0 spiro atoms. The number of rotatable bonds is 9. The molecule has 9 nitrogen and oxygen atoms in total. The fourth-order valence-corrected chi connectivity index (χ4v) is 4.80. The van der Waals surface area contributed by atoms with Gasteiger partial charge in [0.05, 0.1) is 40.6 Å². The second-order valence-electron chi connectivity index (χ2n) is 10.0. The molecule has 3 aromatic rings. The van der Waals surface area contributed by atoms with Crippen LogP contribution in [0, 0.1) is 6.92 Å². The number of hydrogen-bond acceptors (Lipinski definition) is 7. The van der Waals surface area contributed by atoms with E-state index in [1.807, 2.05) is 0 Å². The van der Waals surface area contributed by atoms with Crippen molar-refractivity contribution in [1.29, 1.82) is 0 Å². The highest BCUT2D eigenvalue weighted by molar-refractivity contribution is 7.91. The number of benzene rings is 1. The standard InChI is InChI=1S/C26H29F5N4O5S/c1-6-41(38,39)16-9-7-15(8-10-16)18(13-36)33-23(37)21-14(2)24(35(34-21)25(3,4)5)40-19-12-32-11-17(22(27)28)20(19)26(29,30)31/h7-12,18,22,36H,6,13H2,1-5H3,(H,33,37). The summed E-state index contributed by atoms with van der Waals surface area (Å²) in [5, 5.41) is 16.7. The van der Waals surface area contributed by atoms with Crippen LogP contribution in [0.1, 0.15) is 72.9 Å². The Kier molecular flexibility index (Phi) is 9.13. The van der Waals surface area contributed by atoms with Crippen molar-refractivity contribution < 1.29 is 45.0 Å². The average Bonchev–Trinajstić information content (AvgIpc) is 3.22. The third-order valence-electron chi connectivity index (χ3n) is 6.09. The summed E-state index contributed by atoms with van der Waals surface area (Å²) in [5.41, 5.74) is -3.90. The first-order valence-electron chi connectivity index (χ1n) is 12.3. The topological polar surface area (TPSA) is 123 Å². The molecule has 2 heterocycles. The second-order valence-corrected chi connectivity index (χ2v) is 12.3. The van der Waals surface area contributed by atoms with E-state index in [0.717, 1.165) is 4.68 Å². The van der Waals surface area contributed by atoms with Gasteiger partial charge < -0.3 is 15.2 Å². The van der Waals surface area contributed by atoms with Gasteiger partial charge in [0.2, 0.25) is 5.88 Å². The quantitative estimate of drug-likeness (QED) is 0.316. The summed E-state index contributed by atoms with van der Waals surface area (Å²) in [4.78, 5) is 16.8. The lowest BCUT2D eigenvalue weighted by molar-refractivity contribution is -0.140. The van der Waals surface area contributed by atoms with Crippen molar-refractivity contribution >= 4 is 15.7 Å². The summed E-state index contributed by atoms with van der Waals surface area (Å²) in [7, 11) is -3.47. The van der Waals surface area contributed by atoms with E-state index in [9.17, 15) is 40.3 Å². The number of halogens is 5. The molecule has 1 amide bonds. The Hall–Kier alpha value is -3.59. The highest BCUT2D eigenvalue weighted by atomic mass is 32.2. The van der Waals surface area contributed by atoms with Crippen molar-refractivity contribution in [2.24, 2.45) is 0 Å². The third kappa shape index (κ3) is 6.84. The fraction of sp³-hybridized carbons (Fsp3) is 0.423. The van der Waals surface area contributed by atoms with Gasteiger partial charge >= 0.3 is 6.18 Å². The monoisotopic (exact) mass is 604 g/mol. The maximum absolute atomic E-state index is 13.8. The lowest BCUT2D eigenvalue weighted by Gasteiger charge is -2.23. The molecule has 2 aromatic heterocycles. The lowest BCUT2D eigenvalue weighted by Crippen LogP contribution is -2.32. The SMILES string of the molecule is CCS(=O)(=O)c1ccc(C(CO)NC(=O)c2nn(C(C)(C)C)c(Oc3cncc(C(F)F)c3C(F)(F)F)c2C)cc1. The molecule has 0 aliphatic carbocycles. The number of pyridine rings is 1. The van der Waals surface area contributed by atoms with Gasteiger partial charge in [-0.3, -0.25) is 9.78 Å². The predicted molar refractivity (Wildman–Crippen MR) is 138 cm³/mol. The number of nitrogens with one attached hydrogen (secondary N) is 1. The smallest absolute Gasteiger partial charge is 0.420 e. The molecule has 1 unspecified atom stereocenters. The number of carbonyl (C=O) groups is 1. The number of nitrogens with zero attached hydrogens (tertiary/aromatic N) is 3. The Morgan fingerprint density at radius 1 is 1.12 bits per heavy atom. The molecular weight excluding hydrogens is 575 g/mol. The van der Waals surface area contributed by atoms with Crippen LogP contribution in [-0.2, 0) is 21.6 Å². The van der Waals surface area contributed by atoms with Crippen LogP contribution in [0.3, 0.4) is 0 Å². The summed E-state index contributed by atoms with van der Waals surface area (Å²) in [6, 6.07) is 4.55. The molecule has 0 radical (unpaired) electrons. The van der Waals surface area contributed by atoms with Gasteiger partial charge in [-0.05, 0) is 45.4 Å². The molecule has 0 bridgehead atoms. The van der Waals surface area contributed by atoms with Crippen molar-refractivity contribution in [3.63, 3.8) is 0 Å². The highest BCUT2D eigenvalue weighted by Gasteiger charge is 2.41. The van der Waals surface area contributed by atoms with E-state index in [-0.39, 0.29) is 27.8 Å². The number of alkyl halides is 5. The maximum Gasteiger partial charge on any atom is 0.420 e. The first-order valence-corrected chi connectivity index (χ1v) is 13.9. The largest absolute Gasteiger partial charge is 0.437 e. The molecule has 41 heavy (non-hydrogen) atoms. The van der Waals surface area contributed by atoms with E-state index >= 15 is 0 Å². The van der Waals surface area contributed by atoms with Crippen LogP contribution >= 0.6 is 0 Å². The number of ether oxygens (including phenoxy) is 1. The number of sulfone groups is 1. The van der Waals surface area contributed by atoms with Crippen LogP contribution in [-0.4, -0.2) is 46.6 Å². The third-order valence-corrected chi connectivity index (χ3v) is 7.84. The Balaban J connectivity index is 2.02. The van der Waals surface area contributed by atoms with Crippen molar-refractivity contribution in [3.8, 4) is 11.6 Å². The Morgan fingerprint density at radius 2 is 1.73 bits per heavy atom. The average molecular weight is 605 g/mol. The molecule has 0 fully saturated rings. The molecule has 3 rings (SSSR count). The summed E-state index contributed by atoms with van der Waals surface area (Å²) >= 11 is 0. The van der Waals surface area contributed by atoms with E-state index in [0.29, 0.717) is 18.0 Å². The summed E-state index contributed by atoms with van der Waals surface area (Å²) in [5.74, 6) is -2.24. The van der Waals surface area contributed by atoms with Crippen molar-refractivity contribution in [2.45, 2.75) is 63.7 Å². The van der Waals surface area contributed by atoms with Crippen molar-refractivity contribution in [1.82, 2.24) is 20.1 Å². The van der Waals surface area contributed by atoms with Crippen LogP contribution in [0.5, 0.6) is 11.6 Å². The second kappa shape index (κ2) is 11.7. The highest BCUT2D eigenvalue weighted by Crippen LogP contribution is 2.44. The van der Waals surface area contributed by atoms with Gasteiger partial charge in [0.1, 0.15) is 5.56 Å². The minimum absolute atomic E-state index is 0.00548. The Morgan fingerprint density at radius 3 is 2.22 bits per heavy atom. The molecule has 0 aliphatic heterocycles. The van der Waals surface area contributed by atoms with Crippen LogP contribution < -0.4 is 10.1 Å². The van der Waals surface area contributed by atoms with E-state index < -0.39 is 63.4 Å². The fourth-order valence-electron chi connectivity index (χ4n) is 3.91. The molecule has 1 atom stereocenters. The molecule has 224 valence electrons. The van der Waals surface area contributed by atoms with Crippen LogP contribution in [0.15, 0.2) is 41.6 Å². The van der Waals surface area contributed by atoms with Gasteiger partial charge in [0.25, 0.3) is 12.3 Å².